The van der Waals surface area contributed by atoms with Crippen LogP contribution in [0.15, 0.2) is 46.3 Å². The van der Waals surface area contributed by atoms with E-state index in [0.29, 0.717) is 36.9 Å². The zero-order valence-corrected chi connectivity index (χ0v) is 13.1. The lowest BCUT2D eigenvalue weighted by atomic mass is 10.0. The van der Waals surface area contributed by atoms with Crippen LogP contribution in [0.1, 0.15) is 35.5 Å². The monoisotopic (exact) mass is 311 g/mol. The van der Waals surface area contributed by atoms with Gasteiger partial charge in [-0.25, -0.2) is 0 Å². The van der Waals surface area contributed by atoms with Crippen LogP contribution in [0, 0.1) is 0 Å². The van der Waals surface area contributed by atoms with Gasteiger partial charge in [-0.15, -0.1) is 0 Å². The minimum atomic E-state index is -0.0500. The van der Waals surface area contributed by atoms with Crippen LogP contribution in [0.4, 0.5) is 0 Å². The minimum absolute atomic E-state index is 0.0500. The standard InChI is InChI=1S/C18H17NO4/c1-11(2)17-16(20)13-5-6-15-14(18(13)23-17)9-19(10-22-15)8-12-4-3-7-21-12/h3-7H,8-10H2,1-2H3. The highest BCUT2D eigenvalue weighted by Gasteiger charge is 2.34. The largest absolute Gasteiger partial charge is 0.478 e. The second kappa shape index (κ2) is 5.28. The highest BCUT2D eigenvalue weighted by Crippen LogP contribution is 2.42. The fourth-order valence-electron chi connectivity index (χ4n) is 2.94. The molecule has 2 aromatic rings. The predicted octanol–water partition coefficient (Wildman–Crippen LogP) is 3.50. The van der Waals surface area contributed by atoms with E-state index >= 15 is 0 Å². The molecule has 2 aliphatic heterocycles. The molecule has 0 saturated carbocycles. The second-order valence-electron chi connectivity index (χ2n) is 6.02. The van der Waals surface area contributed by atoms with Gasteiger partial charge in [0.15, 0.2) is 5.76 Å². The second-order valence-corrected chi connectivity index (χ2v) is 6.02. The quantitative estimate of drug-likeness (QED) is 0.795. The first-order valence-electron chi connectivity index (χ1n) is 7.57. The summed E-state index contributed by atoms with van der Waals surface area (Å²) in [5.41, 5.74) is 2.41. The first-order chi connectivity index (χ1) is 11.1. The number of benzene rings is 1. The SMILES string of the molecule is CC(C)=C1Oc2c(ccc3c2CN(Cc2ccco2)CO3)C1=O. The van der Waals surface area contributed by atoms with Crippen molar-refractivity contribution in [3.8, 4) is 11.5 Å². The van der Waals surface area contributed by atoms with Crippen LogP contribution in [0.25, 0.3) is 0 Å². The average Bonchev–Trinajstić information content (AvgIpc) is 3.15. The van der Waals surface area contributed by atoms with E-state index in [0.717, 1.165) is 22.6 Å². The molecular weight excluding hydrogens is 294 g/mol. The smallest absolute Gasteiger partial charge is 0.231 e. The van der Waals surface area contributed by atoms with Gasteiger partial charge in [0.2, 0.25) is 5.78 Å². The normalized spacial score (nSPS) is 16.6. The third-order valence-corrected chi connectivity index (χ3v) is 4.07. The van der Waals surface area contributed by atoms with Crippen LogP contribution in [0.5, 0.6) is 11.5 Å². The Hall–Kier alpha value is -2.53. The van der Waals surface area contributed by atoms with Gasteiger partial charge in [0.25, 0.3) is 0 Å². The lowest BCUT2D eigenvalue weighted by Gasteiger charge is -2.29. The third kappa shape index (κ3) is 2.33. The van der Waals surface area contributed by atoms with Crippen molar-refractivity contribution in [3.05, 3.63) is 58.7 Å². The summed E-state index contributed by atoms with van der Waals surface area (Å²) in [6, 6.07) is 7.45. The van der Waals surface area contributed by atoms with Crippen molar-refractivity contribution >= 4 is 5.78 Å². The first-order valence-corrected chi connectivity index (χ1v) is 7.57. The number of carbonyl (C=O) groups is 1. The number of ether oxygens (including phenoxy) is 2. The molecule has 0 saturated heterocycles. The average molecular weight is 311 g/mol. The minimum Gasteiger partial charge on any atom is -0.478 e. The first kappa shape index (κ1) is 14.1. The molecule has 0 N–H and O–H groups in total. The van der Waals surface area contributed by atoms with Crippen LogP contribution in [-0.2, 0) is 13.1 Å². The van der Waals surface area contributed by atoms with Crippen molar-refractivity contribution in [1.29, 1.82) is 0 Å². The Morgan fingerprint density at radius 3 is 2.87 bits per heavy atom. The summed E-state index contributed by atoms with van der Waals surface area (Å²) < 4.78 is 17.1. The molecule has 3 heterocycles. The molecule has 0 radical (unpaired) electrons. The zero-order chi connectivity index (χ0) is 16.0. The van der Waals surface area contributed by atoms with Gasteiger partial charge in [-0.1, -0.05) is 0 Å². The molecule has 4 rings (SSSR count). The van der Waals surface area contributed by atoms with E-state index < -0.39 is 0 Å². The Kier molecular flexibility index (Phi) is 3.23. The van der Waals surface area contributed by atoms with E-state index in [2.05, 4.69) is 4.90 Å². The molecule has 0 spiro atoms. The maximum atomic E-state index is 12.4. The van der Waals surface area contributed by atoms with Gasteiger partial charge in [-0.3, -0.25) is 9.69 Å². The highest BCUT2D eigenvalue weighted by molar-refractivity contribution is 6.13. The fraction of sp³-hybridized carbons (Fsp3) is 0.278. The maximum Gasteiger partial charge on any atom is 0.231 e. The molecule has 1 aromatic heterocycles. The molecular formula is C18H17NO4. The lowest BCUT2D eigenvalue weighted by molar-refractivity contribution is 0.0809. The van der Waals surface area contributed by atoms with Crippen LogP contribution in [0.2, 0.25) is 0 Å². The Bertz CT molecular complexity index is 801. The van der Waals surface area contributed by atoms with Gasteiger partial charge in [0.05, 0.1) is 23.9 Å². The number of allylic oxidation sites excluding steroid dienone is 2. The van der Waals surface area contributed by atoms with E-state index in [1.807, 2.05) is 32.0 Å². The summed E-state index contributed by atoms with van der Waals surface area (Å²) in [5, 5.41) is 0. The molecule has 0 unspecified atom stereocenters. The molecule has 1 aromatic carbocycles. The Morgan fingerprint density at radius 2 is 2.13 bits per heavy atom. The Morgan fingerprint density at radius 1 is 1.26 bits per heavy atom. The van der Waals surface area contributed by atoms with Gasteiger partial charge in [-0.05, 0) is 43.7 Å². The van der Waals surface area contributed by atoms with Gasteiger partial charge < -0.3 is 13.9 Å². The third-order valence-electron chi connectivity index (χ3n) is 4.07. The Balaban J connectivity index is 1.67. The van der Waals surface area contributed by atoms with Crippen molar-refractivity contribution in [1.82, 2.24) is 4.90 Å². The predicted molar refractivity (Wildman–Crippen MR) is 83.2 cm³/mol. The summed E-state index contributed by atoms with van der Waals surface area (Å²) in [5.74, 6) is 2.67. The number of rotatable bonds is 2. The number of carbonyl (C=O) groups excluding carboxylic acids is 1. The summed E-state index contributed by atoms with van der Waals surface area (Å²) in [6.45, 7) is 5.55. The maximum absolute atomic E-state index is 12.4. The molecule has 5 heteroatoms. The number of fused-ring (bicyclic) bond motifs is 3. The van der Waals surface area contributed by atoms with Crippen molar-refractivity contribution in [2.75, 3.05) is 6.73 Å². The topological polar surface area (TPSA) is 51.9 Å². The zero-order valence-electron chi connectivity index (χ0n) is 13.1. The van der Waals surface area contributed by atoms with Gasteiger partial charge >= 0.3 is 0 Å². The van der Waals surface area contributed by atoms with E-state index in [1.54, 1.807) is 12.3 Å². The molecule has 23 heavy (non-hydrogen) atoms. The lowest BCUT2D eigenvalue weighted by Crippen LogP contribution is -2.31. The molecule has 5 nitrogen and oxygen atoms in total. The van der Waals surface area contributed by atoms with Crippen molar-refractivity contribution in [2.24, 2.45) is 0 Å². The molecule has 118 valence electrons. The highest BCUT2D eigenvalue weighted by atomic mass is 16.5. The van der Waals surface area contributed by atoms with Crippen LogP contribution >= 0.6 is 0 Å². The molecule has 0 amide bonds. The van der Waals surface area contributed by atoms with Crippen LogP contribution < -0.4 is 9.47 Å². The van der Waals surface area contributed by atoms with Crippen LogP contribution in [0.3, 0.4) is 0 Å². The molecule has 0 fully saturated rings. The number of nitrogens with zero attached hydrogens (tertiary/aromatic N) is 1. The van der Waals surface area contributed by atoms with Gasteiger partial charge in [0, 0.05) is 6.54 Å². The summed E-state index contributed by atoms with van der Waals surface area (Å²) in [7, 11) is 0. The molecule has 0 atom stereocenters. The number of hydrogen-bond acceptors (Lipinski definition) is 5. The van der Waals surface area contributed by atoms with Crippen molar-refractivity contribution < 1.29 is 18.7 Å². The number of furan rings is 1. The van der Waals surface area contributed by atoms with Gasteiger partial charge in [0.1, 0.15) is 24.0 Å². The van der Waals surface area contributed by atoms with E-state index in [4.69, 9.17) is 13.9 Å². The van der Waals surface area contributed by atoms with E-state index in [1.165, 1.54) is 0 Å². The van der Waals surface area contributed by atoms with Crippen molar-refractivity contribution in [3.63, 3.8) is 0 Å². The molecule has 2 aliphatic rings. The summed E-state index contributed by atoms with van der Waals surface area (Å²) >= 11 is 0. The fourth-order valence-corrected chi connectivity index (χ4v) is 2.94. The Labute approximate surface area is 134 Å². The number of ketones is 1. The number of hydrogen-bond donors (Lipinski definition) is 0. The van der Waals surface area contributed by atoms with E-state index in [9.17, 15) is 4.79 Å². The summed E-state index contributed by atoms with van der Waals surface area (Å²) in [6.07, 6.45) is 1.66. The molecule has 0 aliphatic carbocycles. The van der Waals surface area contributed by atoms with Crippen LogP contribution in [-0.4, -0.2) is 17.4 Å². The van der Waals surface area contributed by atoms with E-state index in [-0.39, 0.29) is 5.78 Å². The molecule has 0 bridgehead atoms. The van der Waals surface area contributed by atoms with Gasteiger partial charge in [-0.2, -0.15) is 0 Å². The van der Waals surface area contributed by atoms with Crippen molar-refractivity contribution in [2.45, 2.75) is 26.9 Å². The summed E-state index contributed by atoms with van der Waals surface area (Å²) in [4.78, 5) is 14.5. The number of Topliss-reactive ketones (excluding diaryl/α,β-unsaturated/α-hetero) is 1.